The number of aliphatic hydroxyl groups excluding tert-OH is 1. The van der Waals surface area contributed by atoms with Crippen LogP contribution in [-0.2, 0) is 4.79 Å². The van der Waals surface area contributed by atoms with E-state index in [9.17, 15) is 9.90 Å². The number of aliphatic hydroxyl groups is 1. The maximum atomic E-state index is 11.8. The van der Waals surface area contributed by atoms with Gasteiger partial charge in [0.1, 0.15) is 0 Å². The molecule has 0 aromatic heterocycles. The molecule has 14 heavy (non-hydrogen) atoms. The molecule has 1 saturated heterocycles. The van der Waals surface area contributed by atoms with Crippen LogP contribution in [0, 0.1) is 5.92 Å². The van der Waals surface area contributed by atoms with Crippen molar-refractivity contribution in [3.05, 3.63) is 0 Å². The summed E-state index contributed by atoms with van der Waals surface area (Å²) in [6.45, 7) is 8.64. The van der Waals surface area contributed by atoms with Crippen molar-refractivity contribution in [3.8, 4) is 0 Å². The standard InChI is InChI=1S/C11H21NO2/c1-8(2)7-10(14)12-6-5-9(13)11(12,3)4/h8-9,13H,5-7H2,1-4H3. The van der Waals surface area contributed by atoms with Crippen LogP contribution in [0.3, 0.4) is 0 Å². The number of carbonyl (C=O) groups excluding carboxylic acids is 1. The largest absolute Gasteiger partial charge is 0.391 e. The molecule has 3 heteroatoms. The molecule has 1 N–H and O–H groups in total. The molecule has 1 aliphatic rings. The molecule has 0 saturated carbocycles. The lowest BCUT2D eigenvalue weighted by Gasteiger charge is -2.34. The van der Waals surface area contributed by atoms with Crippen molar-refractivity contribution in [2.75, 3.05) is 6.54 Å². The summed E-state index contributed by atoms with van der Waals surface area (Å²) < 4.78 is 0. The van der Waals surface area contributed by atoms with E-state index in [0.717, 1.165) is 0 Å². The van der Waals surface area contributed by atoms with Gasteiger partial charge in [-0.05, 0) is 26.2 Å². The van der Waals surface area contributed by atoms with Gasteiger partial charge >= 0.3 is 0 Å². The SMILES string of the molecule is CC(C)CC(=O)N1CCC(O)C1(C)C. The number of hydrogen-bond donors (Lipinski definition) is 1. The predicted molar refractivity (Wildman–Crippen MR) is 55.9 cm³/mol. The minimum absolute atomic E-state index is 0.168. The lowest BCUT2D eigenvalue weighted by atomic mass is 9.98. The molecule has 0 radical (unpaired) electrons. The zero-order valence-electron chi connectivity index (χ0n) is 9.58. The van der Waals surface area contributed by atoms with E-state index in [1.165, 1.54) is 0 Å². The third-order valence-corrected chi connectivity index (χ3v) is 3.02. The number of hydrogen-bond acceptors (Lipinski definition) is 2. The van der Waals surface area contributed by atoms with Gasteiger partial charge in [-0.1, -0.05) is 13.8 Å². The molecular formula is C11H21NO2. The van der Waals surface area contributed by atoms with E-state index in [4.69, 9.17) is 0 Å². The van der Waals surface area contributed by atoms with Gasteiger partial charge in [-0.25, -0.2) is 0 Å². The quantitative estimate of drug-likeness (QED) is 0.730. The van der Waals surface area contributed by atoms with Crippen LogP contribution in [0.1, 0.15) is 40.5 Å². The Morgan fingerprint density at radius 2 is 2.14 bits per heavy atom. The van der Waals surface area contributed by atoms with E-state index in [1.807, 2.05) is 32.6 Å². The van der Waals surface area contributed by atoms with Gasteiger partial charge in [-0.3, -0.25) is 4.79 Å². The Kier molecular flexibility index (Phi) is 3.20. The Hall–Kier alpha value is -0.570. The van der Waals surface area contributed by atoms with Gasteiger partial charge in [0, 0.05) is 13.0 Å². The van der Waals surface area contributed by atoms with Crippen LogP contribution < -0.4 is 0 Å². The van der Waals surface area contributed by atoms with Gasteiger partial charge in [0.25, 0.3) is 0 Å². The van der Waals surface area contributed by atoms with E-state index < -0.39 is 0 Å². The molecule has 0 aromatic carbocycles. The summed E-state index contributed by atoms with van der Waals surface area (Å²) in [7, 11) is 0. The van der Waals surface area contributed by atoms with Crippen LogP contribution in [0.25, 0.3) is 0 Å². The van der Waals surface area contributed by atoms with Gasteiger partial charge in [-0.15, -0.1) is 0 Å². The molecule has 3 nitrogen and oxygen atoms in total. The van der Waals surface area contributed by atoms with Crippen molar-refractivity contribution in [2.24, 2.45) is 5.92 Å². The first-order chi connectivity index (χ1) is 6.35. The first-order valence-electron chi connectivity index (χ1n) is 5.34. The molecular weight excluding hydrogens is 178 g/mol. The van der Waals surface area contributed by atoms with Crippen molar-refractivity contribution >= 4 is 5.91 Å². The third kappa shape index (κ3) is 2.08. The van der Waals surface area contributed by atoms with Gasteiger partial charge in [0.05, 0.1) is 11.6 Å². The highest BCUT2D eigenvalue weighted by molar-refractivity contribution is 5.77. The molecule has 1 unspecified atom stereocenters. The minimum Gasteiger partial charge on any atom is -0.391 e. The van der Waals surface area contributed by atoms with Crippen LogP contribution in [0.4, 0.5) is 0 Å². The molecule has 1 heterocycles. The maximum Gasteiger partial charge on any atom is 0.223 e. The van der Waals surface area contributed by atoms with Crippen molar-refractivity contribution in [2.45, 2.75) is 52.2 Å². The molecule has 0 aromatic rings. The Balaban J connectivity index is 2.65. The average Bonchev–Trinajstić information content (AvgIpc) is 2.26. The number of likely N-dealkylation sites (tertiary alicyclic amines) is 1. The van der Waals surface area contributed by atoms with Crippen LogP contribution in [0.5, 0.6) is 0 Å². The number of rotatable bonds is 2. The van der Waals surface area contributed by atoms with E-state index in [1.54, 1.807) is 0 Å². The molecule has 1 aliphatic heterocycles. The summed E-state index contributed by atoms with van der Waals surface area (Å²) in [6, 6.07) is 0. The Morgan fingerprint density at radius 3 is 2.50 bits per heavy atom. The topological polar surface area (TPSA) is 40.5 Å². The second kappa shape index (κ2) is 3.89. The van der Waals surface area contributed by atoms with Gasteiger partial charge in [-0.2, -0.15) is 0 Å². The monoisotopic (exact) mass is 199 g/mol. The molecule has 0 bridgehead atoms. The second-order valence-corrected chi connectivity index (χ2v) is 5.10. The normalized spacial score (nSPS) is 25.9. The van der Waals surface area contributed by atoms with Gasteiger partial charge in [0.2, 0.25) is 5.91 Å². The summed E-state index contributed by atoms with van der Waals surface area (Å²) >= 11 is 0. The first-order valence-corrected chi connectivity index (χ1v) is 5.34. The Labute approximate surface area is 86.1 Å². The van der Waals surface area contributed by atoms with E-state index in [0.29, 0.717) is 25.3 Å². The molecule has 0 aliphatic carbocycles. The highest BCUT2D eigenvalue weighted by atomic mass is 16.3. The fourth-order valence-corrected chi connectivity index (χ4v) is 1.98. The van der Waals surface area contributed by atoms with Crippen molar-refractivity contribution < 1.29 is 9.90 Å². The fraction of sp³-hybridized carbons (Fsp3) is 0.909. The molecule has 1 fully saturated rings. The third-order valence-electron chi connectivity index (χ3n) is 3.02. The second-order valence-electron chi connectivity index (χ2n) is 5.10. The molecule has 1 rings (SSSR count). The zero-order valence-corrected chi connectivity index (χ0v) is 9.58. The highest BCUT2D eigenvalue weighted by Gasteiger charge is 2.42. The van der Waals surface area contributed by atoms with Crippen molar-refractivity contribution in [1.82, 2.24) is 4.90 Å². The van der Waals surface area contributed by atoms with Crippen LogP contribution >= 0.6 is 0 Å². The smallest absolute Gasteiger partial charge is 0.223 e. The summed E-state index contributed by atoms with van der Waals surface area (Å²) in [5.41, 5.74) is -0.383. The predicted octanol–water partition coefficient (Wildman–Crippen LogP) is 1.40. The number of amides is 1. The summed E-state index contributed by atoms with van der Waals surface area (Å²) in [4.78, 5) is 13.6. The summed E-state index contributed by atoms with van der Waals surface area (Å²) in [5, 5.41) is 9.72. The highest BCUT2D eigenvalue weighted by Crippen LogP contribution is 2.29. The lowest BCUT2D eigenvalue weighted by Crippen LogP contribution is -2.48. The van der Waals surface area contributed by atoms with Gasteiger partial charge in [0.15, 0.2) is 0 Å². The van der Waals surface area contributed by atoms with Gasteiger partial charge < -0.3 is 10.0 Å². The average molecular weight is 199 g/mol. The Bertz CT molecular complexity index is 223. The molecule has 1 atom stereocenters. The molecule has 0 spiro atoms. The summed E-state index contributed by atoms with van der Waals surface area (Å²) in [5.74, 6) is 0.553. The van der Waals surface area contributed by atoms with E-state index in [-0.39, 0.29) is 17.6 Å². The first kappa shape index (κ1) is 11.5. The minimum atomic E-state index is -0.383. The van der Waals surface area contributed by atoms with Crippen molar-refractivity contribution in [3.63, 3.8) is 0 Å². The fourth-order valence-electron chi connectivity index (χ4n) is 1.98. The maximum absolute atomic E-state index is 11.8. The van der Waals surface area contributed by atoms with E-state index >= 15 is 0 Å². The molecule has 1 amide bonds. The lowest BCUT2D eigenvalue weighted by molar-refractivity contribution is -0.136. The Morgan fingerprint density at radius 1 is 1.57 bits per heavy atom. The van der Waals surface area contributed by atoms with E-state index in [2.05, 4.69) is 0 Å². The summed E-state index contributed by atoms with van der Waals surface area (Å²) in [6.07, 6.45) is 0.908. The number of carbonyl (C=O) groups is 1. The van der Waals surface area contributed by atoms with Crippen LogP contribution in [-0.4, -0.2) is 34.1 Å². The number of nitrogens with zero attached hydrogens (tertiary/aromatic N) is 1. The molecule has 82 valence electrons. The van der Waals surface area contributed by atoms with Crippen molar-refractivity contribution in [1.29, 1.82) is 0 Å². The van der Waals surface area contributed by atoms with Crippen LogP contribution in [0.2, 0.25) is 0 Å². The van der Waals surface area contributed by atoms with Crippen LogP contribution in [0.15, 0.2) is 0 Å². The zero-order chi connectivity index (χ0) is 10.9.